The van der Waals surface area contributed by atoms with Crippen molar-refractivity contribution in [1.29, 1.82) is 0 Å². The van der Waals surface area contributed by atoms with Gasteiger partial charge in [0.15, 0.2) is 5.65 Å². The number of nitrogens with zero attached hydrogens (tertiary/aromatic N) is 4. The van der Waals surface area contributed by atoms with Gasteiger partial charge in [0.1, 0.15) is 17.8 Å². The van der Waals surface area contributed by atoms with E-state index in [-0.39, 0.29) is 0 Å². The molecule has 1 aromatic carbocycles. The summed E-state index contributed by atoms with van der Waals surface area (Å²) >= 11 is 0. The summed E-state index contributed by atoms with van der Waals surface area (Å²) in [5.74, 6) is 0.800. The van der Waals surface area contributed by atoms with E-state index in [9.17, 15) is 0 Å². The van der Waals surface area contributed by atoms with E-state index < -0.39 is 0 Å². The van der Waals surface area contributed by atoms with Gasteiger partial charge in [0.2, 0.25) is 0 Å². The third kappa shape index (κ3) is 1.69. The molecule has 90 valence electrons. The molecule has 0 amide bonds. The molecule has 5 heteroatoms. The molecule has 0 spiro atoms. The quantitative estimate of drug-likeness (QED) is 0.688. The number of fused-ring (bicyclic) bond motifs is 1. The van der Waals surface area contributed by atoms with Crippen molar-refractivity contribution in [3.05, 3.63) is 42.5 Å². The van der Waals surface area contributed by atoms with Crippen LogP contribution in [0.4, 0.5) is 0 Å². The molecule has 0 aliphatic carbocycles. The minimum Gasteiger partial charge on any atom is -0.497 e. The number of hydrogen-bond donors (Lipinski definition) is 0. The summed E-state index contributed by atoms with van der Waals surface area (Å²) in [7, 11) is 1.65. The molecule has 0 saturated carbocycles. The lowest BCUT2D eigenvalue weighted by Gasteiger charge is -2.06. The summed E-state index contributed by atoms with van der Waals surface area (Å²) in [6, 6.07) is 7.76. The van der Waals surface area contributed by atoms with Crippen molar-refractivity contribution in [2.45, 2.75) is 6.92 Å². The summed E-state index contributed by atoms with van der Waals surface area (Å²) in [5.41, 5.74) is 3.42. The van der Waals surface area contributed by atoms with Crippen LogP contribution in [0.5, 0.6) is 5.75 Å². The van der Waals surface area contributed by atoms with Gasteiger partial charge < -0.3 is 4.74 Å². The molecule has 0 bridgehead atoms. The minimum atomic E-state index is 0.744. The molecule has 0 aliphatic heterocycles. The molecule has 0 aliphatic rings. The molecule has 18 heavy (non-hydrogen) atoms. The van der Waals surface area contributed by atoms with Crippen molar-refractivity contribution < 1.29 is 4.74 Å². The summed E-state index contributed by atoms with van der Waals surface area (Å²) < 4.78 is 6.96. The fourth-order valence-electron chi connectivity index (χ4n) is 1.91. The zero-order valence-corrected chi connectivity index (χ0v) is 10.2. The number of aromatic nitrogens is 4. The Morgan fingerprint density at radius 1 is 1.28 bits per heavy atom. The molecule has 5 nitrogen and oxygen atoms in total. The van der Waals surface area contributed by atoms with Crippen LogP contribution in [0.25, 0.3) is 16.9 Å². The highest BCUT2D eigenvalue weighted by Crippen LogP contribution is 2.24. The third-order valence-electron chi connectivity index (χ3n) is 2.73. The van der Waals surface area contributed by atoms with Crippen LogP contribution in [0.1, 0.15) is 5.69 Å². The molecule has 2 heterocycles. The van der Waals surface area contributed by atoms with Gasteiger partial charge in [0.05, 0.1) is 19.0 Å². The van der Waals surface area contributed by atoms with Crippen LogP contribution in [-0.2, 0) is 0 Å². The van der Waals surface area contributed by atoms with Gasteiger partial charge >= 0.3 is 0 Å². The maximum absolute atomic E-state index is 5.23. The first-order valence-electron chi connectivity index (χ1n) is 5.59. The average molecular weight is 240 g/mol. The topological polar surface area (TPSA) is 52.3 Å². The highest BCUT2D eigenvalue weighted by atomic mass is 16.5. The second-order valence-electron chi connectivity index (χ2n) is 3.99. The molecule has 0 N–H and O–H groups in total. The first kappa shape index (κ1) is 10.7. The van der Waals surface area contributed by atoms with Crippen molar-refractivity contribution in [3.63, 3.8) is 0 Å². The summed E-state index contributed by atoms with van der Waals surface area (Å²) in [4.78, 5) is 8.78. The number of rotatable bonds is 2. The van der Waals surface area contributed by atoms with Crippen LogP contribution < -0.4 is 4.74 Å². The maximum atomic E-state index is 5.23. The molecule has 3 aromatic rings. The molecular weight excluding hydrogens is 228 g/mol. The summed E-state index contributed by atoms with van der Waals surface area (Å²) in [5, 5.41) is 4.14. The first-order chi connectivity index (χ1) is 8.78. The molecule has 3 rings (SSSR count). The van der Waals surface area contributed by atoms with E-state index in [1.54, 1.807) is 11.6 Å². The molecule has 0 fully saturated rings. The largest absolute Gasteiger partial charge is 0.497 e. The van der Waals surface area contributed by atoms with Gasteiger partial charge in [0, 0.05) is 5.56 Å². The number of ether oxygens (including phenoxy) is 1. The molecule has 0 saturated heterocycles. The van der Waals surface area contributed by atoms with Gasteiger partial charge in [-0.3, -0.25) is 0 Å². The predicted molar refractivity (Wildman–Crippen MR) is 67.5 cm³/mol. The fourth-order valence-corrected chi connectivity index (χ4v) is 1.91. The molecule has 0 radical (unpaired) electrons. The monoisotopic (exact) mass is 240 g/mol. The van der Waals surface area contributed by atoms with Crippen LogP contribution in [0.3, 0.4) is 0 Å². The van der Waals surface area contributed by atoms with E-state index >= 15 is 0 Å². The van der Waals surface area contributed by atoms with Crippen molar-refractivity contribution in [2.24, 2.45) is 0 Å². The Bertz CT molecular complexity index is 705. The Morgan fingerprint density at radius 3 is 3.00 bits per heavy atom. The van der Waals surface area contributed by atoms with Crippen molar-refractivity contribution >= 4 is 5.65 Å². The van der Waals surface area contributed by atoms with Gasteiger partial charge in [-0.25, -0.2) is 14.5 Å². The molecule has 2 aromatic heterocycles. The number of methoxy groups -OCH3 is 1. The van der Waals surface area contributed by atoms with Crippen LogP contribution in [0.2, 0.25) is 0 Å². The van der Waals surface area contributed by atoms with Crippen molar-refractivity contribution in [1.82, 2.24) is 19.6 Å². The van der Waals surface area contributed by atoms with E-state index in [0.29, 0.717) is 0 Å². The van der Waals surface area contributed by atoms with Crippen molar-refractivity contribution in [3.8, 4) is 17.0 Å². The van der Waals surface area contributed by atoms with E-state index in [2.05, 4.69) is 15.1 Å². The van der Waals surface area contributed by atoms with E-state index in [1.807, 2.05) is 37.4 Å². The van der Waals surface area contributed by atoms with Gasteiger partial charge in [-0.1, -0.05) is 12.1 Å². The second kappa shape index (κ2) is 4.10. The standard InChI is InChI=1S/C13H12N4O/c1-9-7-17-13(14-8-15-17)12(16-9)10-4-3-5-11(6-10)18-2/h3-8H,1-2H3. The second-order valence-corrected chi connectivity index (χ2v) is 3.99. The lowest BCUT2D eigenvalue weighted by atomic mass is 10.1. The van der Waals surface area contributed by atoms with Crippen LogP contribution in [-0.4, -0.2) is 26.7 Å². The van der Waals surface area contributed by atoms with E-state index in [4.69, 9.17) is 4.74 Å². The predicted octanol–water partition coefficient (Wildman–Crippen LogP) is 2.11. The Kier molecular flexibility index (Phi) is 2.44. The zero-order chi connectivity index (χ0) is 12.5. The Morgan fingerprint density at radius 2 is 2.17 bits per heavy atom. The van der Waals surface area contributed by atoms with Gasteiger partial charge in [-0.2, -0.15) is 5.10 Å². The smallest absolute Gasteiger partial charge is 0.181 e. The Balaban J connectivity index is 2.26. The first-order valence-corrected chi connectivity index (χ1v) is 5.59. The minimum absolute atomic E-state index is 0.744. The van der Waals surface area contributed by atoms with Crippen LogP contribution >= 0.6 is 0 Å². The Labute approximate surface area is 104 Å². The summed E-state index contributed by atoms with van der Waals surface area (Å²) in [6.07, 6.45) is 3.38. The maximum Gasteiger partial charge on any atom is 0.181 e. The highest BCUT2D eigenvalue weighted by Gasteiger charge is 2.09. The lowest BCUT2D eigenvalue weighted by molar-refractivity contribution is 0.415. The summed E-state index contributed by atoms with van der Waals surface area (Å²) in [6.45, 7) is 1.94. The molecule has 0 atom stereocenters. The van der Waals surface area contributed by atoms with E-state index in [0.717, 1.165) is 28.3 Å². The molecule has 0 unspecified atom stereocenters. The number of benzene rings is 1. The highest BCUT2D eigenvalue weighted by molar-refractivity contribution is 5.74. The van der Waals surface area contributed by atoms with Crippen LogP contribution in [0.15, 0.2) is 36.8 Å². The third-order valence-corrected chi connectivity index (χ3v) is 2.73. The van der Waals surface area contributed by atoms with Crippen molar-refractivity contribution in [2.75, 3.05) is 7.11 Å². The Hall–Kier alpha value is -2.43. The molecular formula is C13H12N4O. The van der Waals surface area contributed by atoms with Gasteiger partial charge in [0.25, 0.3) is 0 Å². The lowest BCUT2D eigenvalue weighted by Crippen LogP contribution is -1.97. The van der Waals surface area contributed by atoms with Crippen LogP contribution in [0, 0.1) is 6.92 Å². The number of hydrogen-bond acceptors (Lipinski definition) is 4. The van der Waals surface area contributed by atoms with Gasteiger partial charge in [-0.05, 0) is 19.1 Å². The number of aryl methyl sites for hydroxylation is 1. The van der Waals surface area contributed by atoms with Gasteiger partial charge in [-0.15, -0.1) is 0 Å². The zero-order valence-electron chi connectivity index (χ0n) is 10.2. The fraction of sp³-hybridized carbons (Fsp3) is 0.154. The average Bonchev–Trinajstić information content (AvgIpc) is 2.85. The normalized spacial score (nSPS) is 10.8. The van der Waals surface area contributed by atoms with E-state index in [1.165, 1.54) is 6.33 Å². The SMILES string of the molecule is COc1cccc(-c2nc(C)cn3ncnc23)c1.